The summed E-state index contributed by atoms with van der Waals surface area (Å²) in [4.78, 5) is 12.9. The molecule has 0 aromatic heterocycles. The molecule has 16 heteroatoms. The van der Waals surface area contributed by atoms with Gasteiger partial charge in [0.15, 0.2) is 11.9 Å². The minimum Gasteiger partial charge on any atom is -0.492 e. The summed E-state index contributed by atoms with van der Waals surface area (Å²) in [5, 5.41) is 62.7. The van der Waals surface area contributed by atoms with E-state index in [0.29, 0.717) is 38.2 Å². The van der Waals surface area contributed by atoms with Crippen molar-refractivity contribution in [2.24, 2.45) is 28.9 Å². The third-order valence-corrected chi connectivity index (χ3v) is 9.16. The van der Waals surface area contributed by atoms with E-state index in [9.17, 15) is 30.3 Å². The molecule has 2 aliphatic heterocycles. The Bertz CT molecular complexity index is 992. The van der Waals surface area contributed by atoms with Crippen LogP contribution in [0.1, 0.15) is 32.6 Å². The zero-order valence-corrected chi connectivity index (χ0v) is 24.8. The summed E-state index contributed by atoms with van der Waals surface area (Å²) in [5.41, 5.74) is 21.2. The van der Waals surface area contributed by atoms with Gasteiger partial charge in [-0.1, -0.05) is 0 Å². The molecule has 0 radical (unpaired) electrons. The van der Waals surface area contributed by atoms with Crippen molar-refractivity contribution in [3.05, 3.63) is 11.8 Å². The summed E-state index contributed by atoms with van der Waals surface area (Å²) >= 11 is 0. The number of nitrogens with one attached hydrogen (secondary N) is 3. The molecule has 2 aliphatic carbocycles. The standard InChI is InChI=1S/C27H51N7O9/c1-26(39)11-41-24(20(37)23(26)32-2)43-22-16(34-25(38)27(40)8-17(27)31)7-15(30)18(19(22)36)21-14(29)4-3-13(42-21)10-33-9-12(35)5-6-28/h3,12,14-24,32-33,35-37,39-40H,4-11,28-31H2,1-2H3,(H,34,38). The predicted octanol–water partition coefficient (Wildman–Crippen LogP) is -5.62. The van der Waals surface area contributed by atoms with Crippen LogP contribution in [0.4, 0.5) is 0 Å². The second-order valence-electron chi connectivity index (χ2n) is 12.7. The van der Waals surface area contributed by atoms with Crippen molar-refractivity contribution in [3.8, 4) is 0 Å². The fourth-order valence-corrected chi connectivity index (χ4v) is 6.45. The SMILES string of the molecule is CNC1C(O)C(OC2C(NC(=O)C3(O)CC3N)CC(N)C(C3OC(CNCC(O)CCN)=CCC3N)C2O)OCC1(C)O. The Hall–Kier alpha value is -1.51. The van der Waals surface area contributed by atoms with E-state index in [4.69, 9.17) is 37.1 Å². The topological polar surface area (TPSA) is 286 Å². The number of aliphatic hydroxyl groups is 5. The number of aliphatic hydroxyl groups excluding tert-OH is 3. The molecule has 0 spiro atoms. The lowest BCUT2D eigenvalue weighted by atomic mass is 9.72. The van der Waals surface area contributed by atoms with Crippen LogP contribution < -0.4 is 38.9 Å². The van der Waals surface area contributed by atoms with Crippen molar-refractivity contribution in [2.75, 3.05) is 33.3 Å². The van der Waals surface area contributed by atoms with Gasteiger partial charge in [0.2, 0.25) is 0 Å². The highest BCUT2D eigenvalue weighted by Crippen LogP contribution is 2.38. The number of hydrogen-bond donors (Lipinski definition) is 12. The molecule has 4 aliphatic rings. The number of amides is 1. The minimum absolute atomic E-state index is 0.0921. The molecule has 0 aromatic rings. The summed E-state index contributed by atoms with van der Waals surface area (Å²) < 4.78 is 18.1. The Balaban J connectivity index is 1.52. The second kappa shape index (κ2) is 13.9. The maximum absolute atomic E-state index is 12.9. The van der Waals surface area contributed by atoms with Crippen LogP contribution in [-0.2, 0) is 19.0 Å². The molecule has 1 saturated heterocycles. The van der Waals surface area contributed by atoms with E-state index in [1.807, 2.05) is 6.08 Å². The van der Waals surface area contributed by atoms with E-state index in [0.717, 1.165) is 0 Å². The molecule has 248 valence electrons. The average Bonchev–Trinajstić information content (AvgIpc) is 3.56. The first-order valence-corrected chi connectivity index (χ1v) is 15.0. The third kappa shape index (κ3) is 7.49. The highest BCUT2D eigenvalue weighted by atomic mass is 16.7. The normalized spacial score (nSPS) is 45.6. The largest absolute Gasteiger partial charge is 0.492 e. The van der Waals surface area contributed by atoms with Crippen LogP contribution in [0.25, 0.3) is 0 Å². The highest BCUT2D eigenvalue weighted by molar-refractivity contribution is 5.89. The summed E-state index contributed by atoms with van der Waals surface area (Å²) in [6.45, 7) is 2.34. The van der Waals surface area contributed by atoms with Crippen LogP contribution in [0.5, 0.6) is 0 Å². The Kier molecular flexibility index (Phi) is 11.1. The van der Waals surface area contributed by atoms with Gasteiger partial charge in [0, 0.05) is 37.0 Å². The van der Waals surface area contributed by atoms with E-state index in [1.54, 1.807) is 7.05 Å². The van der Waals surface area contributed by atoms with E-state index >= 15 is 0 Å². The molecule has 43 heavy (non-hydrogen) atoms. The lowest BCUT2D eigenvalue weighted by Crippen LogP contribution is -2.69. The number of carbonyl (C=O) groups excluding carboxylic acids is 1. The van der Waals surface area contributed by atoms with Gasteiger partial charge < -0.3 is 78.6 Å². The maximum Gasteiger partial charge on any atom is 0.253 e. The molecule has 14 unspecified atom stereocenters. The lowest BCUT2D eigenvalue weighted by molar-refractivity contribution is -0.297. The van der Waals surface area contributed by atoms with E-state index in [-0.39, 0.29) is 19.4 Å². The van der Waals surface area contributed by atoms with Crippen LogP contribution in [0.2, 0.25) is 0 Å². The molecule has 2 heterocycles. The van der Waals surface area contributed by atoms with E-state index < -0.39 is 90.0 Å². The first-order valence-electron chi connectivity index (χ1n) is 15.0. The quantitative estimate of drug-likeness (QED) is 0.0972. The van der Waals surface area contributed by atoms with Gasteiger partial charge in [-0.25, -0.2) is 0 Å². The number of likely N-dealkylation sites (N-methyl/N-ethyl adjacent to an activating group) is 1. The van der Waals surface area contributed by atoms with Gasteiger partial charge in [-0.05, 0) is 45.9 Å². The molecule has 2 saturated carbocycles. The summed E-state index contributed by atoms with van der Waals surface area (Å²) in [6.07, 6.45) is -3.50. The number of carbonyl (C=O) groups is 1. The molecular formula is C27H51N7O9. The zero-order valence-electron chi connectivity index (χ0n) is 24.8. The van der Waals surface area contributed by atoms with Crippen LogP contribution in [0, 0.1) is 5.92 Å². The summed E-state index contributed by atoms with van der Waals surface area (Å²) in [6, 6.07) is -3.65. The second-order valence-corrected chi connectivity index (χ2v) is 12.7. The van der Waals surface area contributed by atoms with Crippen molar-refractivity contribution in [1.29, 1.82) is 0 Å². The number of rotatable bonds is 12. The van der Waals surface area contributed by atoms with Gasteiger partial charge in [0.05, 0.1) is 37.4 Å². The third-order valence-electron chi connectivity index (χ3n) is 9.16. The predicted molar refractivity (Wildman–Crippen MR) is 154 cm³/mol. The fraction of sp³-hybridized carbons (Fsp3) is 0.889. The Morgan fingerprint density at radius 1 is 1.21 bits per heavy atom. The number of ether oxygens (including phenoxy) is 3. The zero-order chi connectivity index (χ0) is 31.7. The Labute approximate surface area is 251 Å². The Morgan fingerprint density at radius 3 is 2.53 bits per heavy atom. The molecule has 0 bridgehead atoms. The van der Waals surface area contributed by atoms with Crippen molar-refractivity contribution in [3.63, 3.8) is 0 Å². The van der Waals surface area contributed by atoms with Crippen molar-refractivity contribution >= 4 is 5.91 Å². The molecule has 3 fully saturated rings. The van der Waals surface area contributed by atoms with Crippen LogP contribution in [0.15, 0.2) is 11.8 Å². The van der Waals surface area contributed by atoms with Crippen molar-refractivity contribution in [1.82, 2.24) is 16.0 Å². The first-order chi connectivity index (χ1) is 20.2. The molecule has 14 atom stereocenters. The van der Waals surface area contributed by atoms with Gasteiger partial charge >= 0.3 is 0 Å². The first kappa shape index (κ1) is 34.4. The summed E-state index contributed by atoms with van der Waals surface area (Å²) in [5.74, 6) is -0.889. The number of hydrogen-bond acceptors (Lipinski definition) is 15. The van der Waals surface area contributed by atoms with Crippen molar-refractivity contribution in [2.45, 2.75) is 111 Å². The van der Waals surface area contributed by atoms with Gasteiger partial charge in [-0.2, -0.15) is 0 Å². The molecular weight excluding hydrogens is 566 g/mol. The van der Waals surface area contributed by atoms with Crippen LogP contribution in [0.3, 0.4) is 0 Å². The van der Waals surface area contributed by atoms with Crippen LogP contribution >= 0.6 is 0 Å². The smallest absolute Gasteiger partial charge is 0.253 e. The van der Waals surface area contributed by atoms with Gasteiger partial charge in [-0.3, -0.25) is 4.79 Å². The molecule has 16 nitrogen and oxygen atoms in total. The highest BCUT2D eigenvalue weighted by Gasteiger charge is 2.59. The lowest BCUT2D eigenvalue weighted by Gasteiger charge is -2.50. The van der Waals surface area contributed by atoms with E-state index in [1.165, 1.54) is 6.92 Å². The maximum atomic E-state index is 12.9. The van der Waals surface area contributed by atoms with Gasteiger partial charge in [0.25, 0.3) is 5.91 Å². The molecule has 16 N–H and O–H groups in total. The summed E-state index contributed by atoms with van der Waals surface area (Å²) in [7, 11) is 1.58. The monoisotopic (exact) mass is 617 g/mol. The molecule has 0 aromatic carbocycles. The van der Waals surface area contributed by atoms with E-state index in [2.05, 4.69) is 16.0 Å². The van der Waals surface area contributed by atoms with Gasteiger partial charge in [0.1, 0.15) is 29.7 Å². The fourth-order valence-electron chi connectivity index (χ4n) is 6.45. The van der Waals surface area contributed by atoms with Crippen molar-refractivity contribution < 1.29 is 44.5 Å². The van der Waals surface area contributed by atoms with Gasteiger partial charge in [-0.15, -0.1) is 0 Å². The molecule has 1 amide bonds. The number of nitrogens with two attached hydrogens (primary N) is 4. The minimum atomic E-state index is -1.73. The average molecular weight is 618 g/mol. The van der Waals surface area contributed by atoms with Crippen LogP contribution in [-0.4, -0.2) is 143 Å². The Morgan fingerprint density at radius 2 is 1.91 bits per heavy atom. The molecule has 4 rings (SSSR count).